The summed E-state index contributed by atoms with van der Waals surface area (Å²) >= 11 is 1.72. The molecule has 1 unspecified atom stereocenters. The van der Waals surface area contributed by atoms with Crippen molar-refractivity contribution in [1.82, 2.24) is 10.3 Å². The predicted octanol–water partition coefficient (Wildman–Crippen LogP) is 2.94. The molecule has 0 bridgehead atoms. The Labute approximate surface area is 115 Å². The van der Waals surface area contributed by atoms with E-state index in [-0.39, 0.29) is 0 Å². The molecule has 0 fully saturated rings. The molecule has 1 aromatic heterocycles. The fraction of sp³-hybridized carbons (Fsp3) is 0.786. The highest BCUT2D eigenvalue weighted by atomic mass is 32.1. The second kappa shape index (κ2) is 8.62. The Bertz CT molecular complexity index is 323. The number of nitrogens with one attached hydrogen (secondary N) is 1. The lowest BCUT2D eigenvalue weighted by Crippen LogP contribution is -2.19. The van der Waals surface area contributed by atoms with E-state index in [2.05, 4.69) is 29.5 Å². The molecule has 1 heterocycles. The average molecular weight is 269 g/mol. The molecule has 0 radical (unpaired) electrons. The van der Waals surface area contributed by atoms with Crippen molar-refractivity contribution in [2.45, 2.75) is 46.6 Å². The highest BCUT2D eigenvalue weighted by Gasteiger charge is 2.11. The van der Waals surface area contributed by atoms with Gasteiger partial charge >= 0.3 is 0 Å². The molecule has 0 saturated heterocycles. The third kappa shape index (κ3) is 5.94. The molecule has 0 spiro atoms. The van der Waals surface area contributed by atoms with E-state index in [9.17, 15) is 0 Å². The van der Waals surface area contributed by atoms with Crippen molar-refractivity contribution in [2.24, 2.45) is 17.6 Å². The minimum absolute atomic E-state index is 0.745. The lowest BCUT2D eigenvalue weighted by Gasteiger charge is -2.19. The second-order valence-electron chi connectivity index (χ2n) is 5.26. The third-order valence-electron chi connectivity index (χ3n) is 3.38. The van der Waals surface area contributed by atoms with Crippen LogP contribution in [0.2, 0.25) is 0 Å². The lowest BCUT2D eigenvalue weighted by atomic mass is 9.88. The predicted molar refractivity (Wildman–Crippen MR) is 79.8 cm³/mol. The fourth-order valence-corrected chi connectivity index (χ4v) is 2.83. The molecule has 3 nitrogen and oxygen atoms in total. The normalized spacial score (nSPS) is 13.2. The number of aryl methyl sites for hydroxylation is 1. The van der Waals surface area contributed by atoms with Crippen LogP contribution in [0.4, 0.5) is 0 Å². The summed E-state index contributed by atoms with van der Waals surface area (Å²) in [6.07, 6.45) is 3.66. The Hall–Kier alpha value is -0.450. The molecule has 0 amide bonds. The first-order valence-electron chi connectivity index (χ1n) is 6.95. The van der Waals surface area contributed by atoms with Crippen LogP contribution in [0.1, 0.15) is 43.8 Å². The summed E-state index contributed by atoms with van der Waals surface area (Å²) < 4.78 is 0. The number of rotatable bonds is 9. The molecular weight excluding hydrogens is 242 g/mol. The second-order valence-corrected chi connectivity index (χ2v) is 6.32. The van der Waals surface area contributed by atoms with Gasteiger partial charge < -0.3 is 11.1 Å². The number of nitrogens with zero attached hydrogens (tertiary/aromatic N) is 1. The van der Waals surface area contributed by atoms with Gasteiger partial charge in [-0.2, -0.15) is 0 Å². The fourth-order valence-electron chi connectivity index (χ4n) is 2.22. The van der Waals surface area contributed by atoms with Gasteiger partial charge in [0, 0.05) is 11.9 Å². The molecule has 0 aliphatic heterocycles. The monoisotopic (exact) mass is 269 g/mol. The Balaban J connectivity index is 2.10. The molecule has 0 saturated carbocycles. The van der Waals surface area contributed by atoms with Crippen molar-refractivity contribution >= 4 is 11.3 Å². The van der Waals surface area contributed by atoms with E-state index >= 15 is 0 Å². The van der Waals surface area contributed by atoms with Crippen molar-refractivity contribution < 1.29 is 0 Å². The van der Waals surface area contributed by atoms with E-state index in [1.165, 1.54) is 18.5 Å². The Kier molecular flexibility index (Phi) is 7.47. The van der Waals surface area contributed by atoms with E-state index in [0.717, 1.165) is 42.9 Å². The van der Waals surface area contributed by atoms with Gasteiger partial charge in [0.15, 0.2) is 0 Å². The highest BCUT2D eigenvalue weighted by molar-refractivity contribution is 7.09. The van der Waals surface area contributed by atoms with Crippen LogP contribution in [-0.2, 0) is 6.54 Å². The molecule has 1 aromatic rings. The van der Waals surface area contributed by atoms with Crippen molar-refractivity contribution in [3.05, 3.63) is 16.1 Å². The van der Waals surface area contributed by atoms with Gasteiger partial charge in [-0.25, -0.2) is 4.98 Å². The molecule has 0 aromatic carbocycles. The van der Waals surface area contributed by atoms with Crippen molar-refractivity contribution in [2.75, 3.05) is 13.1 Å². The Morgan fingerprint density at radius 3 is 2.72 bits per heavy atom. The highest BCUT2D eigenvalue weighted by Crippen LogP contribution is 2.19. The topological polar surface area (TPSA) is 50.9 Å². The lowest BCUT2D eigenvalue weighted by molar-refractivity contribution is 0.331. The zero-order valence-electron chi connectivity index (χ0n) is 11.9. The minimum Gasteiger partial charge on any atom is -0.330 e. The van der Waals surface area contributed by atoms with E-state index in [1.54, 1.807) is 11.3 Å². The smallest absolute Gasteiger partial charge is 0.0897 e. The van der Waals surface area contributed by atoms with Gasteiger partial charge in [0.1, 0.15) is 0 Å². The van der Waals surface area contributed by atoms with Crippen LogP contribution >= 0.6 is 11.3 Å². The molecular formula is C14H27N3S. The van der Waals surface area contributed by atoms with E-state index < -0.39 is 0 Å². The molecule has 1 atom stereocenters. The molecule has 3 N–H and O–H groups in total. The van der Waals surface area contributed by atoms with Gasteiger partial charge in [-0.15, -0.1) is 11.3 Å². The standard InChI is InChI=1S/C14H27N3S/c1-11(2)13(6-7-15)5-4-8-16-9-14-10-18-12(3)17-14/h10-11,13,16H,4-9,15H2,1-3H3. The number of nitrogens with two attached hydrogens (primary N) is 1. The maximum absolute atomic E-state index is 5.65. The molecule has 0 aliphatic carbocycles. The van der Waals surface area contributed by atoms with Crippen molar-refractivity contribution in [3.8, 4) is 0 Å². The van der Waals surface area contributed by atoms with Gasteiger partial charge in [0.25, 0.3) is 0 Å². The summed E-state index contributed by atoms with van der Waals surface area (Å²) in [5.41, 5.74) is 6.82. The zero-order valence-corrected chi connectivity index (χ0v) is 12.7. The zero-order chi connectivity index (χ0) is 13.4. The maximum Gasteiger partial charge on any atom is 0.0897 e. The first kappa shape index (κ1) is 15.6. The molecule has 0 aliphatic rings. The summed E-state index contributed by atoms with van der Waals surface area (Å²) in [5, 5.41) is 6.74. The van der Waals surface area contributed by atoms with Crippen LogP contribution in [0.25, 0.3) is 0 Å². The van der Waals surface area contributed by atoms with E-state index in [0.29, 0.717) is 0 Å². The van der Waals surface area contributed by atoms with Gasteiger partial charge in [-0.3, -0.25) is 0 Å². The summed E-state index contributed by atoms with van der Waals surface area (Å²) in [6, 6.07) is 0. The van der Waals surface area contributed by atoms with E-state index in [4.69, 9.17) is 5.73 Å². The first-order chi connectivity index (χ1) is 8.63. The van der Waals surface area contributed by atoms with Gasteiger partial charge in [0.05, 0.1) is 10.7 Å². The van der Waals surface area contributed by atoms with Crippen LogP contribution in [-0.4, -0.2) is 18.1 Å². The van der Waals surface area contributed by atoms with Crippen LogP contribution in [0.3, 0.4) is 0 Å². The number of thiazole rings is 1. The molecule has 18 heavy (non-hydrogen) atoms. The SMILES string of the molecule is Cc1nc(CNCCCC(CCN)C(C)C)cs1. The van der Waals surface area contributed by atoms with Gasteiger partial charge in [-0.05, 0) is 51.1 Å². The van der Waals surface area contributed by atoms with Crippen LogP contribution in [0.5, 0.6) is 0 Å². The van der Waals surface area contributed by atoms with Crippen LogP contribution in [0, 0.1) is 18.8 Å². The van der Waals surface area contributed by atoms with E-state index in [1.807, 2.05) is 6.92 Å². The summed E-state index contributed by atoms with van der Waals surface area (Å²) in [7, 11) is 0. The first-order valence-corrected chi connectivity index (χ1v) is 7.83. The van der Waals surface area contributed by atoms with Gasteiger partial charge in [-0.1, -0.05) is 13.8 Å². The number of hydrogen-bond acceptors (Lipinski definition) is 4. The van der Waals surface area contributed by atoms with Gasteiger partial charge in [0.2, 0.25) is 0 Å². The third-order valence-corrected chi connectivity index (χ3v) is 4.20. The maximum atomic E-state index is 5.65. The Morgan fingerprint density at radius 1 is 1.39 bits per heavy atom. The minimum atomic E-state index is 0.745. The summed E-state index contributed by atoms with van der Waals surface area (Å²) in [6.45, 7) is 9.43. The number of hydrogen-bond donors (Lipinski definition) is 2. The Morgan fingerprint density at radius 2 is 2.17 bits per heavy atom. The molecule has 4 heteroatoms. The van der Waals surface area contributed by atoms with Crippen LogP contribution < -0.4 is 11.1 Å². The van der Waals surface area contributed by atoms with Crippen molar-refractivity contribution in [1.29, 1.82) is 0 Å². The number of aromatic nitrogens is 1. The largest absolute Gasteiger partial charge is 0.330 e. The van der Waals surface area contributed by atoms with Crippen molar-refractivity contribution in [3.63, 3.8) is 0 Å². The summed E-state index contributed by atoms with van der Waals surface area (Å²) in [4.78, 5) is 4.44. The van der Waals surface area contributed by atoms with Crippen LogP contribution in [0.15, 0.2) is 5.38 Å². The molecule has 104 valence electrons. The quantitative estimate of drug-likeness (QED) is 0.678. The average Bonchev–Trinajstić information content (AvgIpc) is 2.73. The summed E-state index contributed by atoms with van der Waals surface area (Å²) in [5.74, 6) is 1.52. The molecule has 1 rings (SSSR count).